The van der Waals surface area contributed by atoms with Gasteiger partial charge >= 0.3 is 0 Å². The Balaban J connectivity index is 2.00. The molecular weight excluding hydrogens is 239 g/mol. The molecule has 2 nitrogen and oxygen atoms in total. The van der Waals surface area contributed by atoms with Crippen molar-refractivity contribution in [3.8, 4) is 0 Å². The van der Waals surface area contributed by atoms with Crippen LogP contribution in [-0.4, -0.2) is 30.1 Å². The first-order valence-corrected chi connectivity index (χ1v) is 6.39. The number of hydrogen-bond acceptors (Lipinski definition) is 2. The summed E-state index contributed by atoms with van der Waals surface area (Å²) in [6, 6.07) is 5.35. The third kappa shape index (κ3) is 3.11. The predicted molar refractivity (Wildman–Crippen MR) is 70.1 cm³/mol. The Hall–Kier alpha value is -0.800. The number of anilines is 1. The molecule has 0 aromatic heterocycles. The molecular formula is C13H18ClFN2. The first-order chi connectivity index (χ1) is 8.06. The normalized spacial score (nSPS) is 21.1. The summed E-state index contributed by atoms with van der Waals surface area (Å²) in [5.41, 5.74) is 0.697. The van der Waals surface area contributed by atoms with E-state index < -0.39 is 0 Å². The summed E-state index contributed by atoms with van der Waals surface area (Å²) in [5, 5.41) is 3.90. The fourth-order valence-corrected chi connectivity index (χ4v) is 2.37. The van der Waals surface area contributed by atoms with Crippen LogP contribution in [0.3, 0.4) is 0 Å². The molecule has 1 heterocycles. The lowest BCUT2D eigenvalue weighted by Crippen LogP contribution is -2.31. The van der Waals surface area contributed by atoms with Crippen molar-refractivity contribution in [3.05, 3.63) is 29.0 Å². The number of rotatable bonds is 3. The molecule has 0 bridgehead atoms. The Morgan fingerprint density at radius 1 is 1.47 bits per heavy atom. The first kappa shape index (κ1) is 12.7. The molecule has 0 amide bonds. The molecule has 2 rings (SSSR count). The molecule has 1 aromatic carbocycles. The molecule has 1 fully saturated rings. The second-order valence-electron chi connectivity index (χ2n) is 4.84. The van der Waals surface area contributed by atoms with Crippen molar-refractivity contribution in [2.24, 2.45) is 0 Å². The SMILES string of the molecule is CC(C)N1CCC(Nc2cc(F)ccc2Cl)C1. The Labute approximate surface area is 107 Å². The molecule has 94 valence electrons. The van der Waals surface area contributed by atoms with Crippen LogP contribution < -0.4 is 5.32 Å². The van der Waals surface area contributed by atoms with Crippen LogP contribution in [-0.2, 0) is 0 Å². The minimum absolute atomic E-state index is 0.254. The average molecular weight is 257 g/mol. The van der Waals surface area contributed by atoms with Crippen LogP contribution in [0.1, 0.15) is 20.3 Å². The van der Waals surface area contributed by atoms with E-state index in [0.717, 1.165) is 19.5 Å². The zero-order valence-electron chi connectivity index (χ0n) is 10.2. The largest absolute Gasteiger partial charge is 0.380 e. The summed E-state index contributed by atoms with van der Waals surface area (Å²) in [7, 11) is 0. The maximum Gasteiger partial charge on any atom is 0.125 e. The topological polar surface area (TPSA) is 15.3 Å². The molecule has 1 saturated heterocycles. The number of hydrogen-bond donors (Lipinski definition) is 1. The Kier molecular flexibility index (Phi) is 3.89. The highest BCUT2D eigenvalue weighted by atomic mass is 35.5. The maximum atomic E-state index is 13.1. The van der Waals surface area contributed by atoms with Crippen LogP contribution in [0, 0.1) is 5.82 Å². The minimum atomic E-state index is -0.254. The van der Waals surface area contributed by atoms with E-state index >= 15 is 0 Å². The van der Waals surface area contributed by atoms with Gasteiger partial charge in [0.05, 0.1) is 10.7 Å². The lowest BCUT2D eigenvalue weighted by Gasteiger charge is -2.21. The van der Waals surface area contributed by atoms with Crippen molar-refractivity contribution in [1.82, 2.24) is 4.90 Å². The number of nitrogens with one attached hydrogen (secondary N) is 1. The van der Waals surface area contributed by atoms with Gasteiger partial charge in [0.1, 0.15) is 5.82 Å². The van der Waals surface area contributed by atoms with Gasteiger partial charge in [-0.05, 0) is 38.5 Å². The molecule has 0 aliphatic carbocycles. The van der Waals surface area contributed by atoms with E-state index in [1.54, 1.807) is 6.07 Å². The zero-order valence-corrected chi connectivity index (χ0v) is 11.0. The quantitative estimate of drug-likeness (QED) is 0.892. The molecule has 1 aliphatic rings. The van der Waals surface area contributed by atoms with E-state index in [1.807, 2.05) is 0 Å². The second-order valence-corrected chi connectivity index (χ2v) is 5.25. The molecule has 0 radical (unpaired) electrons. The fourth-order valence-electron chi connectivity index (χ4n) is 2.20. The van der Waals surface area contributed by atoms with Crippen molar-refractivity contribution in [2.75, 3.05) is 18.4 Å². The summed E-state index contributed by atoms with van der Waals surface area (Å²) in [6.07, 6.45) is 1.07. The van der Waals surface area contributed by atoms with Crippen LogP contribution >= 0.6 is 11.6 Å². The third-order valence-corrected chi connectivity index (χ3v) is 3.57. The van der Waals surface area contributed by atoms with Gasteiger partial charge in [-0.3, -0.25) is 4.90 Å². The molecule has 1 aliphatic heterocycles. The third-order valence-electron chi connectivity index (χ3n) is 3.24. The lowest BCUT2D eigenvalue weighted by molar-refractivity contribution is 0.274. The van der Waals surface area contributed by atoms with E-state index in [4.69, 9.17) is 11.6 Å². The average Bonchev–Trinajstić information content (AvgIpc) is 2.72. The molecule has 4 heteroatoms. The molecule has 0 saturated carbocycles. The molecule has 1 N–H and O–H groups in total. The molecule has 1 unspecified atom stereocenters. The Bertz CT molecular complexity index is 395. The number of benzene rings is 1. The van der Waals surface area contributed by atoms with Gasteiger partial charge in [0.25, 0.3) is 0 Å². The van der Waals surface area contributed by atoms with Crippen LogP contribution in [0.2, 0.25) is 5.02 Å². The summed E-state index contributed by atoms with van der Waals surface area (Å²) in [5.74, 6) is -0.254. The number of halogens is 2. The summed E-state index contributed by atoms with van der Waals surface area (Å²) >= 11 is 6.03. The lowest BCUT2D eigenvalue weighted by atomic mass is 10.2. The Morgan fingerprint density at radius 3 is 2.88 bits per heavy atom. The van der Waals surface area contributed by atoms with E-state index in [2.05, 4.69) is 24.1 Å². The standard InChI is InChI=1S/C13H18ClFN2/c1-9(2)17-6-5-11(8-17)16-13-7-10(15)3-4-12(13)14/h3-4,7,9,11,16H,5-6,8H2,1-2H3. The van der Waals surface area contributed by atoms with Gasteiger partial charge in [0, 0.05) is 25.2 Å². The molecule has 1 aromatic rings. The van der Waals surface area contributed by atoms with Crippen LogP contribution in [0.4, 0.5) is 10.1 Å². The van der Waals surface area contributed by atoms with Gasteiger partial charge < -0.3 is 5.32 Å². The predicted octanol–water partition coefficient (Wildman–Crippen LogP) is 3.37. The minimum Gasteiger partial charge on any atom is -0.380 e. The van der Waals surface area contributed by atoms with Crippen molar-refractivity contribution in [2.45, 2.75) is 32.4 Å². The van der Waals surface area contributed by atoms with Gasteiger partial charge in [-0.1, -0.05) is 11.6 Å². The highest BCUT2D eigenvalue weighted by Gasteiger charge is 2.24. The number of nitrogens with zero attached hydrogens (tertiary/aromatic N) is 1. The highest BCUT2D eigenvalue weighted by Crippen LogP contribution is 2.25. The highest BCUT2D eigenvalue weighted by molar-refractivity contribution is 6.33. The number of likely N-dealkylation sites (tertiary alicyclic amines) is 1. The van der Waals surface area contributed by atoms with Gasteiger partial charge in [0.2, 0.25) is 0 Å². The van der Waals surface area contributed by atoms with Gasteiger partial charge in [0.15, 0.2) is 0 Å². The Morgan fingerprint density at radius 2 is 2.24 bits per heavy atom. The van der Waals surface area contributed by atoms with Gasteiger partial charge in [-0.25, -0.2) is 4.39 Å². The van der Waals surface area contributed by atoms with E-state index in [9.17, 15) is 4.39 Å². The van der Waals surface area contributed by atoms with Crippen molar-refractivity contribution in [3.63, 3.8) is 0 Å². The fraction of sp³-hybridized carbons (Fsp3) is 0.538. The van der Waals surface area contributed by atoms with E-state index in [0.29, 0.717) is 22.8 Å². The van der Waals surface area contributed by atoms with Gasteiger partial charge in [-0.2, -0.15) is 0 Å². The summed E-state index contributed by atoms with van der Waals surface area (Å²) in [6.45, 7) is 6.46. The van der Waals surface area contributed by atoms with Crippen molar-refractivity contribution >= 4 is 17.3 Å². The van der Waals surface area contributed by atoms with Crippen molar-refractivity contribution in [1.29, 1.82) is 0 Å². The first-order valence-electron chi connectivity index (χ1n) is 6.02. The summed E-state index contributed by atoms with van der Waals surface area (Å²) < 4.78 is 13.1. The van der Waals surface area contributed by atoms with E-state index in [-0.39, 0.29) is 5.82 Å². The van der Waals surface area contributed by atoms with Crippen LogP contribution in [0.5, 0.6) is 0 Å². The van der Waals surface area contributed by atoms with Crippen molar-refractivity contribution < 1.29 is 4.39 Å². The second kappa shape index (κ2) is 5.23. The molecule has 0 spiro atoms. The van der Waals surface area contributed by atoms with Gasteiger partial charge in [-0.15, -0.1) is 0 Å². The maximum absolute atomic E-state index is 13.1. The van der Waals surface area contributed by atoms with E-state index in [1.165, 1.54) is 12.1 Å². The molecule has 1 atom stereocenters. The van der Waals surface area contributed by atoms with Crippen LogP contribution in [0.25, 0.3) is 0 Å². The molecule has 17 heavy (non-hydrogen) atoms. The zero-order chi connectivity index (χ0) is 12.4. The van der Waals surface area contributed by atoms with Crippen LogP contribution in [0.15, 0.2) is 18.2 Å². The monoisotopic (exact) mass is 256 g/mol. The smallest absolute Gasteiger partial charge is 0.125 e. The summed E-state index contributed by atoms with van der Waals surface area (Å²) in [4.78, 5) is 2.41.